The Balaban J connectivity index is 1.16. The summed E-state index contributed by atoms with van der Waals surface area (Å²) in [6.07, 6.45) is 11.2. The third kappa shape index (κ3) is 4.68. The number of piperidine rings is 1. The Morgan fingerprint density at radius 3 is 2.70 bits per heavy atom. The van der Waals surface area contributed by atoms with E-state index in [-0.39, 0.29) is 11.9 Å². The van der Waals surface area contributed by atoms with Gasteiger partial charge < -0.3 is 16.0 Å². The van der Waals surface area contributed by atoms with E-state index >= 15 is 0 Å². The zero-order chi connectivity index (χ0) is 22.6. The summed E-state index contributed by atoms with van der Waals surface area (Å²) in [4.78, 5) is 15.1. The Kier molecular flexibility index (Phi) is 6.74. The summed E-state index contributed by atoms with van der Waals surface area (Å²) in [7, 11) is 0. The second-order valence-corrected chi connectivity index (χ2v) is 9.67. The van der Waals surface area contributed by atoms with Crippen molar-refractivity contribution in [3.8, 4) is 11.3 Å². The summed E-state index contributed by atoms with van der Waals surface area (Å²) in [6.45, 7) is 3.08. The molecule has 6 heteroatoms. The second kappa shape index (κ2) is 10.1. The van der Waals surface area contributed by atoms with Gasteiger partial charge in [-0.15, -0.1) is 0 Å². The fraction of sp³-hybridized carbons (Fsp3) is 0.481. The van der Waals surface area contributed by atoms with Gasteiger partial charge in [-0.1, -0.05) is 37.5 Å². The van der Waals surface area contributed by atoms with Crippen LogP contribution in [0.5, 0.6) is 0 Å². The zero-order valence-corrected chi connectivity index (χ0v) is 19.4. The number of anilines is 1. The fourth-order valence-corrected chi connectivity index (χ4v) is 5.57. The van der Waals surface area contributed by atoms with Crippen molar-refractivity contribution in [1.82, 2.24) is 15.5 Å². The Morgan fingerprint density at radius 2 is 1.88 bits per heavy atom. The van der Waals surface area contributed by atoms with E-state index in [2.05, 4.69) is 33.7 Å². The molecule has 5 rings (SSSR count). The van der Waals surface area contributed by atoms with Crippen molar-refractivity contribution in [2.45, 2.75) is 57.4 Å². The highest BCUT2D eigenvalue weighted by atomic mass is 16.2. The van der Waals surface area contributed by atoms with E-state index in [0.717, 1.165) is 65.0 Å². The standard InChI is InChI=1S/C27H35N5O/c28-20(6-2-1-5-19-12-15-29-16-13-19)7-4-18-32-25-11-10-21(24-14-17-30-31-24)22-8-3-9-23(26(22)25)27(32)33/h3,8-11,14,17,19-20,29H,1-2,4-7,12-13,15-16,18,28H2,(H,30,31). The monoisotopic (exact) mass is 445 g/mol. The summed E-state index contributed by atoms with van der Waals surface area (Å²) in [5.74, 6) is 1.01. The van der Waals surface area contributed by atoms with Crippen LogP contribution in [-0.4, -0.2) is 41.8 Å². The van der Waals surface area contributed by atoms with Crippen LogP contribution in [0, 0.1) is 5.92 Å². The van der Waals surface area contributed by atoms with Crippen molar-refractivity contribution in [3.05, 3.63) is 48.2 Å². The number of benzene rings is 2. The molecule has 0 aliphatic carbocycles. The van der Waals surface area contributed by atoms with Gasteiger partial charge in [-0.2, -0.15) is 5.10 Å². The zero-order valence-electron chi connectivity index (χ0n) is 19.4. The number of rotatable bonds is 10. The van der Waals surface area contributed by atoms with Crippen LogP contribution in [0.4, 0.5) is 5.69 Å². The Hall–Kier alpha value is -2.70. The number of hydrogen-bond donors (Lipinski definition) is 3. The van der Waals surface area contributed by atoms with Crippen LogP contribution in [0.2, 0.25) is 0 Å². The van der Waals surface area contributed by atoms with Gasteiger partial charge in [0, 0.05) is 35.3 Å². The molecule has 2 aliphatic heterocycles. The lowest BCUT2D eigenvalue weighted by Gasteiger charge is -2.22. The highest BCUT2D eigenvalue weighted by Crippen LogP contribution is 2.41. The van der Waals surface area contributed by atoms with Crippen molar-refractivity contribution < 1.29 is 4.79 Å². The Morgan fingerprint density at radius 1 is 1.03 bits per heavy atom. The number of aromatic nitrogens is 2. The number of nitrogens with one attached hydrogen (secondary N) is 2. The SMILES string of the molecule is NC(CCCCC1CCNCC1)CCCN1C(=O)c2cccc3c(-c4ccn[nH]4)ccc1c23. The minimum atomic E-state index is 0.105. The maximum atomic E-state index is 13.2. The smallest absolute Gasteiger partial charge is 0.258 e. The van der Waals surface area contributed by atoms with Gasteiger partial charge in [0.2, 0.25) is 0 Å². The number of unbranched alkanes of at least 4 members (excludes halogenated alkanes) is 1. The van der Waals surface area contributed by atoms with E-state index in [1.54, 1.807) is 6.20 Å². The lowest BCUT2D eigenvalue weighted by Crippen LogP contribution is -2.29. The van der Waals surface area contributed by atoms with Gasteiger partial charge in [0.1, 0.15) is 0 Å². The number of aromatic amines is 1. The predicted molar refractivity (Wildman–Crippen MR) is 134 cm³/mol. The molecule has 4 N–H and O–H groups in total. The average molecular weight is 446 g/mol. The minimum absolute atomic E-state index is 0.105. The first-order chi connectivity index (χ1) is 16.2. The lowest BCUT2D eigenvalue weighted by atomic mass is 9.91. The number of amides is 1. The van der Waals surface area contributed by atoms with Crippen LogP contribution >= 0.6 is 0 Å². The van der Waals surface area contributed by atoms with Crippen LogP contribution in [0.25, 0.3) is 22.0 Å². The molecule has 1 unspecified atom stereocenters. The number of H-pyrrole nitrogens is 1. The number of nitrogens with zero attached hydrogens (tertiary/aromatic N) is 2. The molecule has 1 amide bonds. The molecular formula is C27H35N5O. The third-order valence-corrected chi connectivity index (χ3v) is 7.43. The van der Waals surface area contributed by atoms with Gasteiger partial charge in [0.05, 0.1) is 11.4 Å². The van der Waals surface area contributed by atoms with Gasteiger partial charge in [-0.05, 0) is 74.7 Å². The third-order valence-electron chi connectivity index (χ3n) is 7.43. The predicted octanol–water partition coefficient (Wildman–Crippen LogP) is 4.86. The summed E-state index contributed by atoms with van der Waals surface area (Å²) in [5, 5.41) is 12.7. The first-order valence-corrected chi connectivity index (χ1v) is 12.6. The molecule has 2 aliphatic rings. The van der Waals surface area contributed by atoms with Crippen molar-refractivity contribution in [1.29, 1.82) is 0 Å². The van der Waals surface area contributed by atoms with E-state index in [9.17, 15) is 4.79 Å². The lowest BCUT2D eigenvalue weighted by molar-refractivity contribution is 0.0992. The number of carbonyl (C=O) groups excluding carboxylic acids is 1. The number of nitrogens with two attached hydrogens (primary N) is 1. The highest BCUT2D eigenvalue weighted by Gasteiger charge is 2.30. The minimum Gasteiger partial charge on any atom is -0.328 e. The van der Waals surface area contributed by atoms with Gasteiger partial charge in [0.25, 0.3) is 5.91 Å². The molecule has 1 aromatic heterocycles. The van der Waals surface area contributed by atoms with Crippen molar-refractivity contribution in [2.75, 3.05) is 24.5 Å². The maximum absolute atomic E-state index is 13.2. The molecule has 0 spiro atoms. The van der Waals surface area contributed by atoms with E-state index < -0.39 is 0 Å². The van der Waals surface area contributed by atoms with Crippen LogP contribution < -0.4 is 16.0 Å². The first-order valence-electron chi connectivity index (χ1n) is 12.6. The summed E-state index contributed by atoms with van der Waals surface area (Å²) >= 11 is 0. The van der Waals surface area contributed by atoms with Crippen LogP contribution in [0.1, 0.15) is 61.7 Å². The fourth-order valence-electron chi connectivity index (χ4n) is 5.57. The van der Waals surface area contributed by atoms with Crippen LogP contribution in [0.3, 0.4) is 0 Å². The van der Waals surface area contributed by atoms with Crippen LogP contribution in [0.15, 0.2) is 42.6 Å². The van der Waals surface area contributed by atoms with Crippen molar-refractivity contribution in [2.24, 2.45) is 11.7 Å². The molecule has 3 heterocycles. The largest absolute Gasteiger partial charge is 0.328 e. The molecule has 33 heavy (non-hydrogen) atoms. The van der Waals surface area contributed by atoms with Crippen LogP contribution in [-0.2, 0) is 0 Å². The summed E-state index contributed by atoms with van der Waals surface area (Å²) < 4.78 is 0. The normalized spacial score (nSPS) is 17.2. The molecule has 3 aromatic rings. The average Bonchev–Trinajstić information content (AvgIpc) is 3.47. The van der Waals surface area contributed by atoms with Gasteiger partial charge in [-0.25, -0.2) is 0 Å². The van der Waals surface area contributed by atoms with Gasteiger partial charge >= 0.3 is 0 Å². The molecule has 1 fully saturated rings. The Labute approximate surface area is 195 Å². The topological polar surface area (TPSA) is 87.0 Å². The van der Waals surface area contributed by atoms with Gasteiger partial charge in [0.15, 0.2) is 0 Å². The van der Waals surface area contributed by atoms with Crippen molar-refractivity contribution >= 4 is 22.4 Å². The quantitative estimate of drug-likeness (QED) is 0.389. The maximum Gasteiger partial charge on any atom is 0.258 e. The summed E-state index contributed by atoms with van der Waals surface area (Å²) in [6, 6.07) is 12.4. The molecule has 0 saturated carbocycles. The number of carbonyl (C=O) groups is 1. The van der Waals surface area contributed by atoms with E-state index in [1.807, 2.05) is 23.1 Å². The van der Waals surface area contributed by atoms with E-state index in [1.165, 1.54) is 45.2 Å². The molecule has 2 aromatic carbocycles. The molecule has 0 radical (unpaired) electrons. The molecule has 1 saturated heterocycles. The summed E-state index contributed by atoms with van der Waals surface area (Å²) in [5.41, 5.74) is 10.3. The van der Waals surface area contributed by atoms with E-state index in [0.29, 0.717) is 0 Å². The first kappa shape index (κ1) is 22.1. The molecule has 0 bridgehead atoms. The number of hydrogen-bond acceptors (Lipinski definition) is 4. The molecule has 1 atom stereocenters. The van der Waals surface area contributed by atoms with Gasteiger partial charge in [-0.3, -0.25) is 9.89 Å². The molecule has 6 nitrogen and oxygen atoms in total. The highest BCUT2D eigenvalue weighted by molar-refractivity contribution is 6.26. The molecule has 174 valence electrons. The Bertz CT molecular complexity index is 1090. The van der Waals surface area contributed by atoms with Crippen molar-refractivity contribution in [3.63, 3.8) is 0 Å². The molecular weight excluding hydrogens is 410 g/mol. The second-order valence-electron chi connectivity index (χ2n) is 9.67. The van der Waals surface area contributed by atoms with E-state index in [4.69, 9.17) is 5.73 Å².